The van der Waals surface area contributed by atoms with E-state index in [0.29, 0.717) is 6.04 Å². The van der Waals surface area contributed by atoms with Crippen molar-refractivity contribution in [3.63, 3.8) is 0 Å². The summed E-state index contributed by atoms with van der Waals surface area (Å²) in [5, 5.41) is 11.8. The van der Waals surface area contributed by atoms with Crippen LogP contribution in [0.1, 0.15) is 36.8 Å². The molecule has 0 spiro atoms. The average Bonchev–Trinajstić information content (AvgIpc) is 3.14. The van der Waals surface area contributed by atoms with Gasteiger partial charge in [-0.25, -0.2) is 4.39 Å². The first-order valence-corrected chi connectivity index (χ1v) is 9.26. The minimum absolute atomic E-state index is 0.185. The normalized spacial score (nSPS) is 20.4. The van der Waals surface area contributed by atoms with Crippen molar-refractivity contribution in [2.24, 2.45) is 0 Å². The SMILES string of the molecule is Cc1c(O[C@H]2CC[C@@H](NCc3ccc(F)cc3)CC2)ccc2[nH]ncc12. The van der Waals surface area contributed by atoms with Crippen molar-refractivity contribution >= 4 is 10.9 Å². The van der Waals surface area contributed by atoms with Gasteiger partial charge in [0.05, 0.1) is 17.8 Å². The van der Waals surface area contributed by atoms with Gasteiger partial charge in [0, 0.05) is 23.5 Å². The number of nitrogens with one attached hydrogen (secondary N) is 2. The molecule has 1 fully saturated rings. The zero-order valence-corrected chi connectivity index (χ0v) is 15.0. The summed E-state index contributed by atoms with van der Waals surface area (Å²) in [7, 11) is 0. The second kappa shape index (κ2) is 7.46. The van der Waals surface area contributed by atoms with E-state index in [1.54, 1.807) is 0 Å². The third-order valence-corrected chi connectivity index (χ3v) is 5.32. The zero-order valence-electron chi connectivity index (χ0n) is 15.0. The van der Waals surface area contributed by atoms with Crippen molar-refractivity contribution in [3.8, 4) is 5.75 Å². The van der Waals surface area contributed by atoms with Crippen LogP contribution in [0.2, 0.25) is 0 Å². The summed E-state index contributed by atoms with van der Waals surface area (Å²) >= 11 is 0. The van der Waals surface area contributed by atoms with Crippen LogP contribution in [0.25, 0.3) is 10.9 Å². The lowest BCUT2D eigenvalue weighted by atomic mass is 9.92. The van der Waals surface area contributed by atoms with Gasteiger partial charge in [0.25, 0.3) is 0 Å². The van der Waals surface area contributed by atoms with E-state index < -0.39 is 0 Å². The van der Waals surface area contributed by atoms with Crippen LogP contribution in [0.4, 0.5) is 4.39 Å². The summed E-state index contributed by atoms with van der Waals surface area (Å²) in [4.78, 5) is 0. The van der Waals surface area contributed by atoms with Crippen LogP contribution in [-0.4, -0.2) is 22.3 Å². The van der Waals surface area contributed by atoms with Gasteiger partial charge >= 0.3 is 0 Å². The van der Waals surface area contributed by atoms with Gasteiger partial charge in [-0.3, -0.25) is 5.10 Å². The number of aromatic nitrogens is 2. The van der Waals surface area contributed by atoms with E-state index in [0.717, 1.165) is 60.0 Å². The third-order valence-electron chi connectivity index (χ3n) is 5.32. The molecule has 0 amide bonds. The second-order valence-electron chi connectivity index (χ2n) is 7.12. The highest BCUT2D eigenvalue weighted by Gasteiger charge is 2.22. The van der Waals surface area contributed by atoms with Crippen LogP contribution in [0.15, 0.2) is 42.6 Å². The van der Waals surface area contributed by atoms with Gasteiger partial charge in [0.1, 0.15) is 11.6 Å². The maximum atomic E-state index is 13.0. The minimum Gasteiger partial charge on any atom is -0.490 e. The molecule has 1 aliphatic rings. The molecular weight excluding hydrogens is 329 g/mol. The quantitative estimate of drug-likeness (QED) is 0.710. The number of hydrogen-bond donors (Lipinski definition) is 2. The molecule has 3 aromatic rings. The number of benzene rings is 2. The number of rotatable bonds is 5. The standard InChI is InChI=1S/C21H24FN3O/c1-14-19-13-24-25-20(19)10-11-21(14)26-18-8-6-17(7-9-18)23-12-15-2-4-16(22)5-3-15/h2-5,10-11,13,17-18,23H,6-9,12H2,1H3,(H,24,25)/t17-,18+. The van der Waals surface area contributed by atoms with E-state index in [9.17, 15) is 4.39 Å². The molecule has 1 aliphatic carbocycles. The van der Waals surface area contributed by atoms with Crippen molar-refractivity contribution in [1.29, 1.82) is 0 Å². The first-order chi connectivity index (χ1) is 12.7. The van der Waals surface area contributed by atoms with Gasteiger partial charge in [-0.05, 0) is 62.4 Å². The molecule has 0 radical (unpaired) electrons. The maximum Gasteiger partial charge on any atom is 0.123 e. The van der Waals surface area contributed by atoms with Gasteiger partial charge in [-0.15, -0.1) is 0 Å². The highest BCUT2D eigenvalue weighted by Crippen LogP contribution is 2.30. The first kappa shape index (κ1) is 17.0. The lowest BCUT2D eigenvalue weighted by Gasteiger charge is -2.30. The summed E-state index contributed by atoms with van der Waals surface area (Å²) in [5.41, 5.74) is 3.31. The summed E-state index contributed by atoms with van der Waals surface area (Å²) < 4.78 is 19.2. The Labute approximate surface area is 152 Å². The molecule has 0 bridgehead atoms. The van der Waals surface area contributed by atoms with E-state index in [2.05, 4.69) is 22.4 Å². The predicted octanol–water partition coefficient (Wildman–Crippen LogP) is 4.49. The fourth-order valence-corrected chi connectivity index (χ4v) is 3.70. The Hall–Kier alpha value is -2.40. The Morgan fingerprint density at radius 2 is 1.88 bits per heavy atom. The number of halogens is 1. The van der Waals surface area contributed by atoms with Crippen LogP contribution in [0, 0.1) is 12.7 Å². The number of aryl methyl sites for hydroxylation is 1. The van der Waals surface area contributed by atoms with Crippen molar-refractivity contribution in [1.82, 2.24) is 15.5 Å². The Morgan fingerprint density at radius 3 is 2.65 bits per heavy atom. The van der Waals surface area contributed by atoms with Crippen molar-refractivity contribution in [2.75, 3.05) is 0 Å². The van der Waals surface area contributed by atoms with E-state index in [4.69, 9.17) is 4.74 Å². The summed E-state index contributed by atoms with van der Waals surface area (Å²) in [5.74, 6) is 0.775. The Morgan fingerprint density at radius 1 is 1.12 bits per heavy atom. The predicted molar refractivity (Wildman–Crippen MR) is 101 cm³/mol. The van der Waals surface area contributed by atoms with Crippen LogP contribution in [-0.2, 0) is 6.54 Å². The lowest BCUT2D eigenvalue weighted by molar-refractivity contribution is 0.138. The van der Waals surface area contributed by atoms with Gasteiger partial charge in [-0.2, -0.15) is 5.10 Å². The van der Waals surface area contributed by atoms with Crippen LogP contribution >= 0.6 is 0 Å². The highest BCUT2D eigenvalue weighted by molar-refractivity contribution is 5.83. The van der Waals surface area contributed by atoms with Gasteiger partial charge < -0.3 is 10.1 Å². The molecule has 2 N–H and O–H groups in total. The average molecular weight is 353 g/mol. The molecule has 0 saturated heterocycles. The molecule has 5 heteroatoms. The third kappa shape index (κ3) is 3.73. The largest absolute Gasteiger partial charge is 0.490 e. The summed E-state index contributed by atoms with van der Waals surface area (Å²) in [6, 6.07) is 11.3. The lowest BCUT2D eigenvalue weighted by Crippen LogP contribution is -2.36. The van der Waals surface area contributed by atoms with Crippen LogP contribution < -0.4 is 10.1 Å². The van der Waals surface area contributed by atoms with E-state index in [1.165, 1.54) is 12.1 Å². The number of hydrogen-bond acceptors (Lipinski definition) is 3. The van der Waals surface area contributed by atoms with E-state index >= 15 is 0 Å². The zero-order chi connectivity index (χ0) is 17.9. The molecule has 4 nitrogen and oxygen atoms in total. The molecule has 1 aromatic heterocycles. The molecule has 1 saturated carbocycles. The van der Waals surface area contributed by atoms with Crippen molar-refractivity contribution in [2.45, 2.75) is 51.3 Å². The minimum atomic E-state index is -0.185. The molecular formula is C21H24FN3O. The molecule has 4 rings (SSSR count). The Bertz CT molecular complexity index is 867. The molecule has 2 aromatic carbocycles. The smallest absolute Gasteiger partial charge is 0.123 e. The molecule has 0 atom stereocenters. The number of nitrogens with zero attached hydrogens (tertiary/aromatic N) is 1. The monoisotopic (exact) mass is 353 g/mol. The van der Waals surface area contributed by atoms with Gasteiger partial charge in [0.2, 0.25) is 0 Å². The first-order valence-electron chi connectivity index (χ1n) is 9.26. The number of ether oxygens (including phenoxy) is 1. The second-order valence-corrected chi connectivity index (χ2v) is 7.12. The fraction of sp³-hybridized carbons (Fsp3) is 0.381. The molecule has 1 heterocycles. The molecule has 0 unspecified atom stereocenters. The number of fused-ring (bicyclic) bond motifs is 1. The fourth-order valence-electron chi connectivity index (χ4n) is 3.70. The maximum absolute atomic E-state index is 13.0. The van der Waals surface area contributed by atoms with Crippen molar-refractivity contribution in [3.05, 3.63) is 59.5 Å². The van der Waals surface area contributed by atoms with Crippen LogP contribution in [0.5, 0.6) is 5.75 Å². The molecule has 0 aliphatic heterocycles. The van der Waals surface area contributed by atoms with E-state index in [1.807, 2.05) is 30.5 Å². The number of H-pyrrole nitrogens is 1. The Balaban J connectivity index is 1.29. The summed E-state index contributed by atoms with van der Waals surface area (Å²) in [6.07, 6.45) is 6.40. The summed E-state index contributed by atoms with van der Waals surface area (Å²) in [6.45, 7) is 2.87. The molecule has 136 valence electrons. The molecule has 26 heavy (non-hydrogen) atoms. The van der Waals surface area contributed by atoms with E-state index in [-0.39, 0.29) is 11.9 Å². The van der Waals surface area contributed by atoms with Crippen LogP contribution in [0.3, 0.4) is 0 Å². The highest BCUT2D eigenvalue weighted by atomic mass is 19.1. The Kier molecular flexibility index (Phi) is 4.89. The number of aromatic amines is 1. The van der Waals surface area contributed by atoms with Gasteiger partial charge in [-0.1, -0.05) is 12.1 Å². The topological polar surface area (TPSA) is 49.9 Å². The van der Waals surface area contributed by atoms with Gasteiger partial charge in [0.15, 0.2) is 0 Å². The van der Waals surface area contributed by atoms with Crippen molar-refractivity contribution < 1.29 is 9.13 Å².